The Balaban J connectivity index is 1.05. The molecule has 0 aliphatic heterocycles. The van der Waals surface area contributed by atoms with Gasteiger partial charge in [0, 0.05) is 45.7 Å². The molecule has 5 heteroatoms. The van der Waals surface area contributed by atoms with Crippen molar-refractivity contribution in [2.24, 2.45) is 0 Å². The minimum Gasteiger partial charge on any atom is -0.255 e. The zero-order valence-electron chi connectivity index (χ0n) is 24.7. The summed E-state index contributed by atoms with van der Waals surface area (Å²) in [4.78, 5) is 23.8. The third-order valence-corrected chi connectivity index (χ3v) is 8.62. The number of pyridine rings is 5. The highest BCUT2D eigenvalue weighted by Crippen LogP contribution is 2.33. The minimum absolute atomic E-state index is 0.865. The van der Waals surface area contributed by atoms with Crippen LogP contribution < -0.4 is 0 Å². The van der Waals surface area contributed by atoms with Gasteiger partial charge in [0.1, 0.15) is 0 Å². The number of hydrogen-bond acceptors (Lipinski definition) is 5. The fourth-order valence-electron chi connectivity index (χ4n) is 6.24. The lowest BCUT2D eigenvalue weighted by molar-refractivity contribution is 1.28. The van der Waals surface area contributed by atoms with E-state index >= 15 is 0 Å². The van der Waals surface area contributed by atoms with E-state index in [1.54, 1.807) is 6.20 Å². The van der Waals surface area contributed by atoms with Crippen molar-refractivity contribution in [1.82, 2.24) is 24.9 Å². The molecule has 0 spiro atoms. The van der Waals surface area contributed by atoms with Crippen LogP contribution in [0.15, 0.2) is 152 Å². The van der Waals surface area contributed by atoms with E-state index in [1.807, 2.05) is 42.7 Å². The largest absolute Gasteiger partial charge is 0.255 e. The lowest BCUT2D eigenvalue weighted by Crippen LogP contribution is -1.90. The van der Waals surface area contributed by atoms with Crippen LogP contribution >= 0.6 is 0 Å². The van der Waals surface area contributed by atoms with E-state index in [9.17, 15) is 0 Å². The molecule has 46 heavy (non-hydrogen) atoms. The number of nitrogens with zero attached hydrogens (tertiary/aromatic N) is 5. The van der Waals surface area contributed by atoms with Gasteiger partial charge < -0.3 is 0 Å². The molecule has 0 saturated heterocycles. The average Bonchev–Trinajstić information content (AvgIpc) is 3.14. The molecule has 0 saturated carbocycles. The second-order valence-corrected chi connectivity index (χ2v) is 11.4. The second kappa shape index (κ2) is 10.7. The van der Waals surface area contributed by atoms with Crippen LogP contribution in [0.25, 0.3) is 88.5 Å². The molecule has 0 atom stereocenters. The molecule has 0 bridgehead atoms. The first kappa shape index (κ1) is 26.1. The molecule has 214 valence electrons. The molecular formula is C41H25N5. The quantitative estimate of drug-likeness (QED) is 0.192. The van der Waals surface area contributed by atoms with Crippen molar-refractivity contribution in [3.63, 3.8) is 0 Å². The first-order chi connectivity index (χ1) is 22.8. The molecule has 9 rings (SSSR count). The van der Waals surface area contributed by atoms with Crippen molar-refractivity contribution < 1.29 is 0 Å². The van der Waals surface area contributed by atoms with Gasteiger partial charge in [-0.1, -0.05) is 84.9 Å². The van der Waals surface area contributed by atoms with Crippen LogP contribution in [0.4, 0.5) is 0 Å². The van der Waals surface area contributed by atoms with E-state index in [1.165, 1.54) is 0 Å². The smallest absolute Gasteiger partial charge is 0.0970 e. The standard InChI is InChI=1S/C41H25N5/c1-2-21-42-36(5-1)37-19-16-29-11-13-32(25-39(29)46-37)31-12-10-28-15-18-35(45-38(28)24-31)27-8-6-26(7-9-27)33-20-23-44-41-34(33)17-14-30-4-3-22-43-40(30)41/h1-25H. The number of fused-ring (bicyclic) bond motifs is 5. The monoisotopic (exact) mass is 587 g/mol. The summed E-state index contributed by atoms with van der Waals surface area (Å²) in [5.74, 6) is 0. The Kier molecular flexibility index (Phi) is 6.06. The van der Waals surface area contributed by atoms with Gasteiger partial charge in [-0.25, -0.2) is 9.97 Å². The predicted molar refractivity (Wildman–Crippen MR) is 187 cm³/mol. The number of aromatic nitrogens is 5. The fraction of sp³-hybridized carbons (Fsp3) is 0. The minimum atomic E-state index is 0.865. The van der Waals surface area contributed by atoms with Crippen LogP contribution in [0.5, 0.6) is 0 Å². The van der Waals surface area contributed by atoms with Crippen molar-refractivity contribution >= 4 is 43.6 Å². The molecule has 0 aliphatic carbocycles. The van der Waals surface area contributed by atoms with Gasteiger partial charge in [0.05, 0.1) is 39.1 Å². The Bertz CT molecular complexity index is 2580. The van der Waals surface area contributed by atoms with Gasteiger partial charge in [-0.15, -0.1) is 0 Å². The third kappa shape index (κ3) is 4.54. The van der Waals surface area contributed by atoms with Crippen molar-refractivity contribution in [2.45, 2.75) is 0 Å². The average molecular weight is 588 g/mol. The van der Waals surface area contributed by atoms with Gasteiger partial charge in [-0.3, -0.25) is 15.0 Å². The van der Waals surface area contributed by atoms with Crippen molar-refractivity contribution in [2.75, 3.05) is 0 Å². The summed E-state index contributed by atoms with van der Waals surface area (Å²) in [5.41, 5.74) is 11.9. The van der Waals surface area contributed by atoms with Crippen LogP contribution in [-0.2, 0) is 0 Å². The van der Waals surface area contributed by atoms with Gasteiger partial charge in [0.15, 0.2) is 0 Å². The SMILES string of the molecule is c1ccc(-c2ccc3ccc(-c4ccc5ccc(-c6ccc(-c7ccnc8c7ccc7cccnc78)cc6)nc5c4)cc3n2)nc1. The van der Waals surface area contributed by atoms with Gasteiger partial charge >= 0.3 is 0 Å². The summed E-state index contributed by atoms with van der Waals surface area (Å²) in [7, 11) is 0. The predicted octanol–water partition coefficient (Wildman–Crippen LogP) is 9.94. The molecule has 0 unspecified atom stereocenters. The lowest BCUT2D eigenvalue weighted by atomic mass is 9.98. The zero-order chi connectivity index (χ0) is 30.5. The Morgan fingerprint density at radius 2 is 0.978 bits per heavy atom. The third-order valence-electron chi connectivity index (χ3n) is 8.62. The van der Waals surface area contributed by atoms with Crippen LogP contribution in [0.3, 0.4) is 0 Å². The molecule has 0 fully saturated rings. The molecule has 5 heterocycles. The molecule has 4 aromatic carbocycles. The summed E-state index contributed by atoms with van der Waals surface area (Å²) in [6.45, 7) is 0. The van der Waals surface area contributed by atoms with Crippen LogP contribution in [0.2, 0.25) is 0 Å². The molecule has 5 nitrogen and oxygen atoms in total. The first-order valence-electron chi connectivity index (χ1n) is 15.2. The van der Waals surface area contributed by atoms with E-state index < -0.39 is 0 Å². The Labute approximate surface area is 264 Å². The van der Waals surface area contributed by atoms with Gasteiger partial charge in [-0.2, -0.15) is 0 Å². The van der Waals surface area contributed by atoms with E-state index in [0.717, 1.165) is 88.5 Å². The molecule has 0 amide bonds. The zero-order valence-corrected chi connectivity index (χ0v) is 24.7. The molecule has 9 aromatic rings. The first-order valence-corrected chi connectivity index (χ1v) is 15.2. The molecule has 0 aliphatic rings. The normalized spacial score (nSPS) is 11.5. The maximum atomic E-state index is 5.09. The van der Waals surface area contributed by atoms with Crippen molar-refractivity contribution in [3.05, 3.63) is 152 Å². The summed E-state index contributed by atoms with van der Waals surface area (Å²) >= 11 is 0. The topological polar surface area (TPSA) is 64.5 Å². The Hall–Kier alpha value is -6.33. The highest BCUT2D eigenvalue weighted by molar-refractivity contribution is 6.08. The van der Waals surface area contributed by atoms with Crippen LogP contribution in [0.1, 0.15) is 0 Å². The number of hydrogen-bond donors (Lipinski definition) is 0. The van der Waals surface area contributed by atoms with E-state index in [0.29, 0.717) is 0 Å². The summed E-state index contributed by atoms with van der Waals surface area (Å²) in [6, 6.07) is 46.1. The maximum Gasteiger partial charge on any atom is 0.0970 e. The van der Waals surface area contributed by atoms with Crippen LogP contribution in [0, 0.1) is 0 Å². The van der Waals surface area contributed by atoms with Crippen molar-refractivity contribution in [1.29, 1.82) is 0 Å². The van der Waals surface area contributed by atoms with Gasteiger partial charge in [0.25, 0.3) is 0 Å². The Morgan fingerprint density at radius 3 is 1.74 bits per heavy atom. The lowest BCUT2D eigenvalue weighted by Gasteiger charge is -2.10. The molecular weight excluding hydrogens is 562 g/mol. The summed E-state index contributed by atoms with van der Waals surface area (Å²) < 4.78 is 0. The second-order valence-electron chi connectivity index (χ2n) is 11.4. The Morgan fingerprint density at radius 1 is 0.348 bits per heavy atom. The number of rotatable bonds is 4. The highest BCUT2D eigenvalue weighted by Gasteiger charge is 2.11. The fourth-order valence-corrected chi connectivity index (χ4v) is 6.24. The van der Waals surface area contributed by atoms with Crippen molar-refractivity contribution in [3.8, 4) is 44.9 Å². The van der Waals surface area contributed by atoms with Gasteiger partial charge in [-0.05, 0) is 70.8 Å². The summed E-state index contributed by atoms with van der Waals surface area (Å²) in [6.07, 6.45) is 5.49. The number of benzene rings is 4. The molecule has 0 N–H and O–H groups in total. The van der Waals surface area contributed by atoms with E-state index in [4.69, 9.17) is 9.97 Å². The van der Waals surface area contributed by atoms with Gasteiger partial charge in [0.2, 0.25) is 0 Å². The summed E-state index contributed by atoms with van der Waals surface area (Å²) in [5, 5.41) is 4.38. The van der Waals surface area contributed by atoms with E-state index in [2.05, 4.69) is 118 Å². The molecule has 0 radical (unpaired) electrons. The van der Waals surface area contributed by atoms with E-state index in [-0.39, 0.29) is 0 Å². The molecule has 5 aromatic heterocycles. The van der Waals surface area contributed by atoms with Crippen LogP contribution in [-0.4, -0.2) is 24.9 Å². The highest BCUT2D eigenvalue weighted by atomic mass is 14.8. The maximum absolute atomic E-state index is 5.09.